The van der Waals surface area contributed by atoms with Crippen LogP contribution in [0.3, 0.4) is 0 Å². The van der Waals surface area contributed by atoms with E-state index in [1.807, 2.05) is 30.3 Å². The highest BCUT2D eigenvalue weighted by Crippen LogP contribution is 2.18. The van der Waals surface area contributed by atoms with Crippen LogP contribution in [-0.2, 0) is 10.3 Å². The van der Waals surface area contributed by atoms with Gasteiger partial charge in [-0.25, -0.2) is 4.68 Å². The van der Waals surface area contributed by atoms with Gasteiger partial charge < -0.3 is 14.5 Å². The second kappa shape index (κ2) is 7.90. The number of carbonyl (C=O) groups excluding carboxylic acids is 1. The summed E-state index contributed by atoms with van der Waals surface area (Å²) in [6.45, 7) is 3.91. The van der Waals surface area contributed by atoms with Gasteiger partial charge in [-0.15, -0.1) is 0 Å². The second-order valence-electron chi connectivity index (χ2n) is 6.42. The summed E-state index contributed by atoms with van der Waals surface area (Å²) in [5.74, 6) is 0.927. The van der Waals surface area contributed by atoms with Crippen LogP contribution in [0.1, 0.15) is 13.8 Å². The predicted molar refractivity (Wildman–Crippen MR) is 100 cm³/mol. The van der Waals surface area contributed by atoms with Gasteiger partial charge in [0.1, 0.15) is 23.6 Å². The number of nitrogens with zero attached hydrogens (tertiary/aromatic N) is 2. The van der Waals surface area contributed by atoms with Gasteiger partial charge in [0, 0.05) is 6.07 Å². The number of aromatic nitrogens is 2. The lowest BCUT2D eigenvalue weighted by atomic mass is 10.0. The van der Waals surface area contributed by atoms with Crippen molar-refractivity contribution < 1.29 is 13.9 Å². The Kier molecular flexibility index (Phi) is 5.40. The Bertz CT molecular complexity index is 947. The van der Waals surface area contributed by atoms with Crippen molar-refractivity contribution >= 4 is 5.91 Å². The first kappa shape index (κ1) is 18.4. The van der Waals surface area contributed by atoms with Crippen molar-refractivity contribution in [1.29, 1.82) is 0 Å². The molecule has 2 heterocycles. The van der Waals surface area contributed by atoms with Gasteiger partial charge in [-0.05, 0) is 44.2 Å². The molecule has 0 aliphatic heterocycles. The fourth-order valence-corrected chi connectivity index (χ4v) is 2.53. The SMILES string of the molecule is CC(C)(C(=O)NCCOc1ccccc1)n1nc(-c2ccco2)ccc1=O. The lowest BCUT2D eigenvalue weighted by molar-refractivity contribution is -0.129. The van der Waals surface area contributed by atoms with E-state index in [-0.39, 0.29) is 11.5 Å². The molecular weight excluding hydrogens is 346 g/mol. The van der Waals surface area contributed by atoms with Crippen molar-refractivity contribution in [2.75, 3.05) is 13.2 Å². The first-order chi connectivity index (χ1) is 13.0. The summed E-state index contributed by atoms with van der Waals surface area (Å²) in [7, 11) is 0. The van der Waals surface area contributed by atoms with Crippen molar-refractivity contribution in [3.05, 3.63) is 71.2 Å². The molecule has 140 valence electrons. The van der Waals surface area contributed by atoms with E-state index in [1.54, 1.807) is 32.0 Å². The molecule has 27 heavy (non-hydrogen) atoms. The minimum absolute atomic E-state index is 0.309. The number of nitrogens with one attached hydrogen (secondary N) is 1. The molecule has 0 saturated heterocycles. The average Bonchev–Trinajstić information content (AvgIpc) is 3.21. The van der Waals surface area contributed by atoms with E-state index in [2.05, 4.69) is 10.4 Å². The van der Waals surface area contributed by atoms with Gasteiger partial charge in [0.15, 0.2) is 5.76 Å². The van der Waals surface area contributed by atoms with Crippen molar-refractivity contribution in [3.8, 4) is 17.2 Å². The van der Waals surface area contributed by atoms with Crippen molar-refractivity contribution in [2.45, 2.75) is 19.4 Å². The fraction of sp³-hybridized carbons (Fsp3) is 0.250. The molecule has 0 aliphatic carbocycles. The minimum atomic E-state index is -1.17. The predicted octanol–water partition coefficient (Wildman–Crippen LogP) is 2.43. The van der Waals surface area contributed by atoms with Crippen LogP contribution in [0.25, 0.3) is 11.5 Å². The summed E-state index contributed by atoms with van der Waals surface area (Å²) >= 11 is 0. The molecule has 0 fully saturated rings. The van der Waals surface area contributed by atoms with Gasteiger partial charge >= 0.3 is 0 Å². The highest BCUT2D eigenvalue weighted by Gasteiger charge is 2.32. The fourth-order valence-electron chi connectivity index (χ4n) is 2.53. The van der Waals surface area contributed by atoms with Gasteiger partial charge in [0.05, 0.1) is 12.8 Å². The molecule has 1 amide bonds. The van der Waals surface area contributed by atoms with Crippen LogP contribution in [-0.4, -0.2) is 28.8 Å². The highest BCUT2D eigenvalue weighted by atomic mass is 16.5. The van der Waals surface area contributed by atoms with E-state index in [1.165, 1.54) is 12.3 Å². The zero-order valence-corrected chi connectivity index (χ0v) is 15.2. The molecule has 0 aliphatic rings. The normalized spacial score (nSPS) is 11.2. The van der Waals surface area contributed by atoms with Gasteiger partial charge in [-0.3, -0.25) is 9.59 Å². The largest absolute Gasteiger partial charge is 0.492 e. The van der Waals surface area contributed by atoms with Crippen LogP contribution in [0.5, 0.6) is 5.75 Å². The van der Waals surface area contributed by atoms with Crippen molar-refractivity contribution in [3.63, 3.8) is 0 Å². The topological polar surface area (TPSA) is 86.4 Å². The average molecular weight is 367 g/mol. The Morgan fingerprint density at radius 3 is 2.63 bits per heavy atom. The lowest BCUT2D eigenvalue weighted by Crippen LogP contribution is -2.50. The molecule has 3 aromatic rings. The maximum absolute atomic E-state index is 12.6. The standard InChI is InChI=1S/C20H21N3O4/c1-20(2,19(25)21-12-14-26-15-7-4-3-5-8-15)23-18(24)11-10-16(22-23)17-9-6-13-27-17/h3-11,13H,12,14H2,1-2H3,(H,21,25). The number of ether oxygens (including phenoxy) is 1. The summed E-state index contributed by atoms with van der Waals surface area (Å²) in [5, 5.41) is 7.09. The molecule has 0 spiro atoms. The number of furan rings is 1. The Hall–Kier alpha value is -3.35. The van der Waals surface area contributed by atoms with Crippen molar-refractivity contribution in [2.24, 2.45) is 0 Å². The third kappa shape index (κ3) is 4.25. The highest BCUT2D eigenvalue weighted by molar-refractivity contribution is 5.83. The van der Waals surface area contributed by atoms with E-state index in [9.17, 15) is 9.59 Å². The molecule has 0 radical (unpaired) electrons. The lowest BCUT2D eigenvalue weighted by Gasteiger charge is -2.25. The second-order valence-corrected chi connectivity index (χ2v) is 6.42. The van der Waals surface area contributed by atoms with E-state index in [0.29, 0.717) is 24.6 Å². The van der Waals surface area contributed by atoms with Gasteiger partial charge in [0.25, 0.3) is 5.56 Å². The first-order valence-electron chi connectivity index (χ1n) is 8.59. The maximum Gasteiger partial charge on any atom is 0.267 e. The number of hydrogen-bond acceptors (Lipinski definition) is 5. The molecule has 0 saturated carbocycles. The van der Waals surface area contributed by atoms with Crippen LogP contribution in [0, 0.1) is 0 Å². The van der Waals surface area contributed by atoms with Gasteiger partial charge in [-0.1, -0.05) is 18.2 Å². The Morgan fingerprint density at radius 1 is 1.15 bits per heavy atom. The molecule has 3 rings (SSSR count). The molecule has 0 atom stereocenters. The molecule has 7 heteroatoms. The van der Waals surface area contributed by atoms with E-state index < -0.39 is 5.54 Å². The maximum atomic E-state index is 12.6. The molecule has 1 aromatic carbocycles. The molecule has 1 N–H and O–H groups in total. The number of rotatable bonds is 7. The third-order valence-corrected chi connectivity index (χ3v) is 4.06. The van der Waals surface area contributed by atoms with E-state index in [0.717, 1.165) is 10.4 Å². The van der Waals surface area contributed by atoms with Crippen LogP contribution < -0.4 is 15.6 Å². The zero-order valence-electron chi connectivity index (χ0n) is 15.2. The van der Waals surface area contributed by atoms with E-state index >= 15 is 0 Å². The molecule has 0 bridgehead atoms. The van der Waals surface area contributed by atoms with Crippen LogP contribution in [0.4, 0.5) is 0 Å². The molecule has 0 unspecified atom stereocenters. The molecule has 2 aromatic heterocycles. The smallest absolute Gasteiger partial charge is 0.267 e. The van der Waals surface area contributed by atoms with Crippen molar-refractivity contribution in [1.82, 2.24) is 15.1 Å². The Labute approximate surface area is 156 Å². The third-order valence-electron chi connectivity index (χ3n) is 4.06. The van der Waals surface area contributed by atoms with Gasteiger partial charge in [0.2, 0.25) is 5.91 Å². The van der Waals surface area contributed by atoms with Crippen LogP contribution >= 0.6 is 0 Å². The molecular formula is C20H21N3O4. The minimum Gasteiger partial charge on any atom is -0.492 e. The van der Waals surface area contributed by atoms with Crippen LogP contribution in [0.15, 0.2) is 70.1 Å². The number of para-hydroxylation sites is 1. The first-order valence-corrected chi connectivity index (χ1v) is 8.59. The summed E-state index contributed by atoms with van der Waals surface area (Å²) in [4.78, 5) is 24.9. The number of carbonyl (C=O) groups is 1. The number of benzene rings is 1. The quantitative estimate of drug-likeness (QED) is 0.648. The van der Waals surface area contributed by atoms with E-state index in [4.69, 9.17) is 9.15 Å². The summed E-state index contributed by atoms with van der Waals surface area (Å²) in [5.41, 5.74) is -1.06. The summed E-state index contributed by atoms with van der Waals surface area (Å²) in [6.07, 6.45) is 1.52. The van der Waals surface area contributed by atoms with Gasteiger partial charge in [-0.2, -0.15) is 5.10 Å². The number of hydrogen-bond donors (Lipinski definition) is 1. The number of amides is 1. The van der Waals surface area contributed by atoms with Crippen LogP contribution in [0.2, 0.25) is 0 Å². The summed E-state index contributed by atoms with van der Waals surface area (Å²) in [6, 6.07) is 15.8. The zero-order chi connectivity index (χ0) is 19.3. The Morgan fingerprint density at radius 2 is 1.93 bits per heavy atom. The monoisotopic (exact) mass is 367 g/mol. The molecule has 7 nitrogen and oxygen atoms in total. The summed E-state index contributed by atoms with van der Waals surface area (Å²) < 4.78 is 12.0. The Balaban J connectivity index is 1.67.